The normalized spacial score (nSPS) is 33.8. The second kappa shape index (κ2) is 23.0. The molecule has 11 heteroatoms. The van der Waals surface area contributed by atoms with E-state index in [2.05, 4.69) is 34.6 Å². The van der Waals surface area contributed by atoms with Crippen molar-refractivity contribution in [3.05, 3.63) is 0 Å². The molecule has 2 aliphatic rings. The molecule has 2 fully saturated rings. The monoisotopic (exact) mass is 622 g/mol. The number of rotatable bonds is 22. The maximum atomic E-state index is 11.6. The third-order valence-electron chi connectivity index (χ3n) is 7.83. The Morgan fingerprint density at radius 3 is 1.47 bits per heavy atom. The van der Waals surface area contributed by atoms with Crippen molar-refractivity contribution in [1.82, 2.24) is 0 Å². The van der Waals surface area contributed by atoms with Crippen LogP contribution < -0.4 is 0 Å². The van der Waals surface area contributed by atoms with E-state index in [1.807, 2.05) is 0 Å². The van der Waals surface area contributed by atoms with Gasteiger partial charge in [0.2, 0.25) is 0 Å². The highest BCUT2D eigenvalue weighted by Gasteiger charge is 2.49. The Morgan fingerprint density at radius 2 is 0.953 bits per heavy atom. The summed E-state index contributed by atoms with van der Waals surface area (Å²) in [5, 5.41) is 33.6. The molecule has 0 aromatic carbocycles. The lowest BCUT2D eigenvalue weighted by atomic mass is 10.0. The van der Waals surface area contributed by atoms with E-state index in [0.29, 0.717) is 33.0 Å². The van der Waals surface area contributed by atoms with Gasteiger partial charge >= 0.3 is 0 Å². The van der Waals surface area contributed by atoms with Gasteiger partial charge in [0.1, 0.15) is 48.8 Å². The van der Waals surface area contributed by atoms with Gasteiger partial charge in [0.05, 0.1) is 13.2 Å². The Kier molecular flexibility index (Phi) is 20.7. The molecule has 256 valence electrons. The molecule has 0 aromatic heterocycles. The maximum absolute atomic E-state index is 11.6. The highest BCUT2D eigenvalue weighted by Crippen LogP contribution is 2.30. The molecule has 2 heterocycles. The fourth-order valence-corrected chi connectivity index (χ4v) is 5.07. The summed E-state index contributed by atoms with van der Waals surface area (Å²) in [5.41, 5.74) is 0. The van der Waals surface area contributed by atoms with Crippen molar-refractivity contribution in [2.45, 2.75) is 160 Å². The van der Waals surface area contributed by atoms with Gasteiger partial charge in [-0.15, -0.1) is 0 Å². The number of hydrogen-bond acceptors (Lipinski definition) is 11. The summed E-state index contributed by atoms with van der Waals surface area (Å²) >= 11 is 0. The van der Waals surface area contributed by atoms with E-state index in [-0.39, 0.29) is 13.2 Å². The van der Waals surface area contributed by atoms with Crippen LogP contribution in [0.5, 0.6) is 0 Å². The molecule has 2 aliphatic heterocycles. The van der Waals surface area contributed by atoms with Gasteiger partial charge in [0.25, 0.3) is 0 Å². The fraction of sp³-hybridized carbons (Fsp3) is 1.00. The van der Waals surface area contributed by atoms with Crippen LogP contribution in [-0.4, -0.2) is 123 Å². The van der Waals surface area contributed by atoms with E-state index < -0.39 is 61.4 Å². The van der Waals surface area contributed by atoms with E-state index in [4.69, 9.17) is 37.9 Å². The largest absolute Gasteiger partial charge is 0.388 e. The summed E-state index contributed by atoms with van der Waals surface area (Å²) in [6, 6.07) is 0. The summed E-state index contributed by atoms with van der Waals surface area (Å²) in [7, 11) is 0. The molecule has 0 aliphatic carbocycles. The minimum Gasteiger partial charge on any atom is -0.388 e. The van der Waals surface area contributed by atoms with E-state index in [9.17, 15) is 15.3 Å². The SMILES string of the molecule is CCCCOC1C(OCCCC)[C@H](OCCCC)C(O)CO[C@@H]1O[C@@H]1CO[C@H](O)C(OCCCC)C(OCCCC)[C@@H]1O. The summed E-state index contributed by atoms with van der Waals surface area (Å²) in [4.78, 5) is 0. The first-order valence-corrected chi connectivity index (χ1v) is 16.9. The zero-order chi connectivity index (χ0) is 31.5. The Bertz CT molecular complexity index is 671. The van der Waals surface area contributed by atoms with Crippen molar-refractivity contribution in [2.75, 3.05) is 46.2 Å². The molecular weight excluding hydrogens is 560 g/mol. The van der Waals surface area contributed by atoms with Crippen LogP contribution in [0, 0.1) is 0 Å². The van der Waals surface area contributed by atoms with Gasteiger partial charge in [-0.25, -0.2) is 0 Å². The zero-order valence-electron chi connectivity index (χ0n) is 27.4. The number of ether oxygens (including phenoxy) is 8. The molecule has 2 saturated heterocycles. The molecule has 0 bridgehead atoms. The van der Waals surface area contributed by atoms with Gasteiger partial charge in [-0.05, 0) is 32.1 Å². The van der Waals surface area contributed by atoms with Crippen LogP contribution in [0.3, 0.4) is 0 Å². The smallest absolute Gasteiger partial charge is 0.187 e. The number of aliphatic hydroxyl groups excluding tert-OH is 3. The minimum absolute atomic E-state index is 0.0613. The topological polar surface area (TPSA) is 135 Å². The standard InChI is InChI=1S/C32H62O11/c1-6-11-16-36-26-23(33)21-42-32(30(40-20-15-10-5)28(26)38-18-13-8-3)43-24-22-41-31(35)29(39-19-14-9-4)27(25(24)34)37-17-12-7-2/h23-35H,6-22H2,1-5H3/t23?,24-,25-,26-,27?,28?,29?,30?,31+,32-/m1/s1. The van der Waals surface area contributed by atoms with Crippen LogP contribution in [0.15, 0.2) is 0 Å². The van der Waals surface area contributed by atoms with E-state index in [0.717, 1.165) is 64.2 Å². The highest BCUT2D eigenvalue weighted by atomic mass is 16.7. The molecule has 0 amide bonds. The van der Waals surface area contributed by atoms with Gasteiger partial charge in [-0.3, -0.25) is 0 Å². The molecule has 5 unspecified atom stereocenters. The van der Waals surface area contributed by atoms with Crippen molar-refractivity contribution in [3.63, 3.8) is 0 Å². The van der Waals surface area contributed by atoms with Crippen LogP contribution in [-0.2, 0) is 37.9 Å². The van der Waals surface area contributed by atoms with Gasteiger partial charge in [-0.2, -0.15) is 0 Å². The number of unbranched alkanes of at least 4 members (excludes halogenated alkanes) is 5. The molecule has 43 heavy (non-hydrogen) atoms. The first-order chi connectivity index (χ1) is 20.9. The lowest BCUT2D eigenvalue weighted by Crippen LogP contribution is -2.54. The van der Waals surface area contributed by atoms with Crippen LogP contribution in [0.25, 0.3) is 0 Å². The molecule has 3 N–H and O–H groups in total. The first-order valence-electron chi connectivity index (χ1n) is 16.9. The maximum Gasteiger partial charge on any atom is 0.187 e. The highest BCUT2D eigenvalue weighted by molar-refractivity contribution is 4.93. The van der Waals surface area contributed by atoms with Gasteiger partial charge in [0.15, 0.2) is 12.6 Å². The molecule has 0 radical (unpaired) electrons. The van der Waals surface area contributed by atoms with Crippen molar-refractivity contribution in [2.24, 2.45) is 0 Å². The predicted molar refractivity (Wildman–Crippen MR) is 162 cm³/mol. The molecule has 0 aromatic rings. The Hall–Kier alpha value is -0.440. The Morgan fingerprint density at radius 1 is 0.512 bits per heavy atom. The molecular formula is C32H62O11. The molecule has 10 atom stereocenters. The van der Waals surface area contributed by atoms with Gasteiger partial charge in [0, 0.05) is 33.0 Å². The summed E-state index contributed by atoms with van der Waals surface area (Å²) in [5.74, 6) is 0. The Labute approximate surface area is 259 Å². The summed E-state index contributed by atoms with van der Waals surface area (Å²) in [6.07, 6.45) is -0.486. The van der Waals surface area contributed by atoms with Crippen LogP contribution in [0.4, 0.5) is 0 Å². The molecule has 2 rings (SSSR count). The molecule has 0 saturated carbocycles. The van der Waals surface area contributed by atoms with Gasteiger partial charge in [-0.1, -0.05) is 66.7 Å². The van der Waals surface area contributed by atoms with Crippen molar-refractivity contribution < 1.29 is 53.2 Å². The lowest BCUT2D eigenvalue weighted by molar-refractivity contribution is -0.268. The van der Waals surface area contributed by atoms with E-state index >= 15 is 0 Å². The molecule has 0 spiro atoms. The third kappa shape index (κ3) is 13.1. The predicted octanol–water partition coefficient (Wildman–Crippen LogP) is 3.72. The summed E-state index contributed by atoms with van der Waals surface area (Å²) < 4.78 is 49.3. The molecule has 11 nitrogen and oxygen atoms in total. The van der Waals surface area contributed by atoms with E-state index in [1.54, 1.807) is 0 Å². The van der Waals surface area contributed by atoms with Crippen molar-refractivity contribution in [1.29, 1.82) is 0 Å². The van der Waals surface area contributed by atoms with Crippen LogP contribution in [0.2, 0.25) is 0 Å². The lowest BCUT2D eigenvalue weighted by Gasteiger charge is -2.37. The second-order valence-electron chi connectivity index (χ2n) is 11.6. The van der Waals surface area contributed by atoms with Crippen molar-refractivity contribution in [3.8, 4) is 0 Å². The average Bonchev–Trinajstić information content (AvgIpc) is 3.19. The van der Waals surface area contributed by atoms with Crippen LogP contribution >= 0.6 is 0 Å². The van der Waals surface area contributed by atoms with E-state index in [1.165, 1.54) is 0 Å². The number of aliphatic hydroxyl groups is 3. The average molecular weight is 623 g/mol. The fourth-order valence-electron chi connectivity index (χ4n) is 5.07. The van der Waals surface area contributed by atoms with Crippen LogP contribution in [0.1, 0.15) is 98.8 Å². The Balaban J connectivity index is 2.34. The third-order valence-corrected chi connectivity index (χ3v) is 7.83. The number of hydrogen-bond donors (Lipinski definition) is 3. The summed E-state index contributed by atoms with van der Waals surface area (Å²) in [6.45, 7) is 12.4. The van der Waals surface area contributed by atoms with Crippen molar-refractivity contribution >= 4 is 0 Å². The quantitative estimate of drug-likeness (QED) is 0.153. The van der Waals surface area contributed by atoms with Gasteiger partial charge < -0.3 is 53.2 Å². The first kappa shape index (κ1) is 38.7. The second-order valence-corrected chi connectivity index (χ2v) is 11.6. The zero-order valence-corrected chi connectivity index (χ0v) is 27.4. The minimum atomic E-state index is -1.30.